The average Bonchev–Trinajstić information content (AvgIpc) is 3.39. The van der Waals surface area contributed by atoms with E-state index in [4.69, 9.17) is 19.6 Å². The number of hydrogen-bond acceptors (Lipinski definition) is 7. The standard InChI is InChI=1S/C21H28N6O3/c1-3-26-21-16(28)12-17(25-9-11-29-13-14(25)2)23-20(21)19(24-26)15-7-8-22-27(15)18-6-4-5-10-30-18/h7-8,12,14,18H,3-6,9-11,13H2,1-2H3,(H,23,28)/t14-,18?/m1/s1. The number of fused-ring (bicyclic) bond motifs is 1. The first-order valence-corrected chi connectivity index (χ1v) is 10.8. The minimum Gasteiger partial charge on any atom is -0.505 e. The van der Waals surface area contributed by atoms with Gasteiger partial charge in [0.25, 0.3) is 0 Å². The lowest BCUT2D eigenvalue weighted by Crippen LogP contribution is -2.44. The topological polar surface area (TPSA) is 90.5 Å². The zero-order chi connectivity index (χ0) is 20.7. The third-order valence-electron chi connectivity index (χ3n) is 5.97. The van der Waals surface area contributed by atoms with E-state index in [1.165, 1.54) is 0 Å². The van der Waals surface area contributed by atoms with Gasteiger partial charge in [0.05, 0.1) is 24.9 Å². The van der Waals surface area contributed by atoms with E-state index in [9.17, 15) is 5.11 Å². The van der Waals surface area contributed by atoms with Crippen molar-refractivity contribution in [2.45, 2.75) is 51.9 Å². The second kappa shape index (κ2) is 7.88. The van der Waals surface area contributed by atoms with Gasteiger partial charge in [-0.1, -0.05) is 0 Å². The van der Waals surface area contributed by atoms with E-state index >= 15 is 0 Å². The molecule has 0 amide bonds. The van der Waals surface area contributed by atoms with Crippen molar-refractivity contribution in [2.75, 3.05) is 31.3 Å². The predicted molar refractivity (Wildman–Crippen MR) is 113 cm³/mol. The normalized spacial score (nSPS) is 22.7. The monoisotopic (exact) mass is 412 g/mol. The van der Waals surface area contributed by atoms with Crippen molar-refractivity contribution in [1.82, 2.24) is 24.5 Å². The molecule has 0 spiro atoms. The fourth-order valence-corrected chi connectivity index (χ4v) is 4.41. The molecule has 1 unspecified atom stereocenters. The van der Waals surface area contributed by atoms with Crippen molar-refractivity contribution < 1.29 is 14.6 Å². The second-order valence-electron chi connectivity index (χ2n) is 7.96. The van der Waals surface area contributed by atoms with Gasteiger partial charge in [0, 0.05) is 32.0 Å². The second-order valence-corrected chi connectivity index (χ2v) is 7.96. The number of aromatic hydroxyl groups is 1. The molecule has 9 heteroatoms. The van der Waals surface area contributed by atoms with Crippen molar-refractivity contribution in [2.24, 2.45) is 0 Å². The first kappa shape index (κ1) is 19.3. The predicted octanol–water partition coefficient (Wildman–Crippen LogP) is 2.94. The highest BCUT2D eigenvalue weighted by atomic mass is 16.5. The fraction of sp³-hybridized carbons (Fsp3) is 0.571. The Hall–Kier alpha value is -2.65. The lowest BCUT2D eigenvalue weighted by atomic mass is 10.1. The maximum Gasteiger partial charge on any atom is 0.150 e. The van der Waals surface area contributed by atoms with Crippen molar-refractivity contribution in [3.05, 3.63) is 18.3 Å². The molecule has 2 fully saturated rings. The fourth-order valence-electron chi connectivity index (χ4n) is 4.41. The quantitative estimate of drug-likeness (QED) is 0.704. The summed E-state index contributed by atoms with van der Waals surface area (Å²) in [4.78, 5) is 7.14. The molecule has 0 aliphatic carbocycles. The molecule has 5 rings (SSSR count). The highest BCUT2D eigenvalue weighted by molar-refractivity contribution is 5.94. The van der Waals surface area contributed by atoms with Gasteiger partial charge in [-0.05, 0) is 39.2 Å². The summed E-state index contributed by atoms with van der Waals surface area (Å²) < 4.78 is 15.2. The molecule has 0 aromatic carbocycles. The SMILES string of the molecule is CCn1nc(-c2ccnn2C2CCCCO2)c2nc(N3CCOC[C@H]3C)cc(O)c21. The molecule has 2 atom stereocenters. The number of ether oxygens (including phenoxy) is 2. The van der Waals surface area contributed by atoms with Gasteiger partial charge in [-0.15, -0.1) is 0 Å². The molecule has 30 heavy (non-hydrogen) atoms. The first-order chi connectivity index (χ1) is 14.7. The van der Waals surface area contributed by atoms with Gasteiger partial charge in [-0.2, -0.15) is 10.2 Å². The molecule has 3 aromatic rings. The smallest absolute Gasteiger partial charge is 0.150 e. The molecule has 9 nitrogen and oxygen atoms in total. The summed E-state index contributed by atoms with van der Waals surface area (Å²) in [6.07, 6.45) is 4.80. The largest absolute Gasteiger partial charge is 0.505 e. The van der Waals surface area contributed by atoms with E-state index in [1.54, 1.807) is 16.9 Å². The first-order valence-electron chi connectivity index (χ1n) is 10.8. The van der Waals surface area contributed by atoms with Crippen LogP contribution in [0.1, 0.15) is 39.3 Å². The molecule has 2 saturated heterocycles. The van der Waals surface area contributed by atoms with Crippen LogP contribution in [0, 0.1) is 0 Å². The molecule has 1 N–H and O–H groups in total. The van der Waals surface area contributed by atoms with Crippen LogP contribution in [0.4, 0.5) is 5.82 Å². The van der Waals surface area contributed by atoms with E-state index in [-0.39, 0.29) is 18.0 Å². The summed E-state index contributed by atoms with van der Waals surface area (Å²) in [5.74, 6) is 0.932. The Balaban J connectivity index is 1.65. The summed E-state index contributed by atoms with van der Waals surface area (Å²) in [7, 11) is 0. The number of aromatic nitrogens is 5. The van der Waals surface area contributed by atoms with Crippen molar-refractivity contribution in [1.29, 1.82) is 0 Å². The Bertz CT molecular complexity index is 1040. The molecule has 0 radical (unpaired) electrons. The highest BCUT2D eigenvalue weighted by Crippen LogP contribution is 2.36. The van der Waals surface area contributed by atoms with Gasteiger partial charge in [-0.3, -0.25) is 4.68 Å². The van der Waals surface area contributed by atoms with Crippen LogP contribution < -0.4 is 4.90 Å². The van der Waals surface area contributed by atoms with Crippen molar-refractivity contribution in [3.8, 4) is 17.1 Å². The van der Waals surface area contributed by atoms with Crippen LogP contribution in [-0.2, 0) is 16.0 Å². The summed E-state index contributed by atoms with van der Waals surface area (Å²) in [6, 6.07) is 3.88. The number of anilines is 1. The number of morpholine rings is 1. The van der Waals surface area contributed by atoms with E-state index < -0.39 is 0 Å². The Morgan fingerprint density at radius 2 is 2.17 bits per heavy atom. The Morgan fingerprint density at radius 3 is 2.93 bits per heavy atom. The minimum atomic E-state index is -0.0957. The van der Waals surface area contributed by atoms with Crippen LogP contribution in [0.3, 0.4) is 0 Å². The number of hydrogen-bond donors (Lipinski definition) is 1. The lowest BCUT2D eigenvalue weighted by molar-refractivity contribution is -0.0384. The molecule has 0 bridgehead atoms. The van der Waals surface area contributed by atoms with E-state index in [0.29, 0.717) is 30.8 Å². The van der Waals surface area contributed by atoms with Crippen LogP contribution in [0.2, 0.25) is 0 Å². The number of nitrogens with zero attached hydrogens (tertiary/aromatic N) is 6. The van der Waals surface area contributed by atoms with Crippen LogP contribution in [0.25, 0.3) is 22.4 Å². The minimum absolute atomic E-state index is 0.0957. The average molecular weight is 412 g/mol. The molecular weight excluding hydrogens is 384 g/mol. The van der Waals surface area contributed by atoms with E-state index in [1.807, 2.05) is 17.7 Å². The van der Waals surface area contributed by atoms with Gasteiger partial charge in [0.15, 0.2) is 6.23 Å². The van der Waals surface area contributed by atoms with Crippen LogP contribution in [-0.4, -0.2) is 62.1 Å². The number of rotatable bonds is 4. The summed E-state index contributed by atoms with van der Waals surface area (Å²) >= 11 is 0. The zero-order valence-corrected chi connectivity index (χ0v) is 17.5. The van der Waals surface area contributed by atoms with E-state index in [2.05, 4.69) is 16.9 Å². The summed E-state index contributed by atoms with van der Waals surface area (Å²) in [6.45, 7) is 7.53. The summed E-state index contributed by atoms with van der Waals surface area (Å²) in [5.41, 5.74) is 2.91. The Kier molecular flexibility index (Phi) is 5.08. The number of aryl methyl sites for hydroxylation is 1. The van der Waals surface area contributed by atoms with Gasteiger partial charge >= 0.3 is 0 Å². The molecule has 2 aliphatic rings. The third-order valence-corrected chi connectivity index (χ3v) is 5.97. The van der Waals surface area contributed by atoms with Gasteiger partial charge in [-0.25, -0.2) is 9.67 Å². The van der Waals surface area contributed by atoms with Crippen molar-refractivity contribution >= 4 is 16.9 Å². The van der Waals surface area contributed by atoms with Crippen LogP contribution in [0.5, 0.6) is 5.75 Å². The van der Waals surface area contributed by atoms with Crippen LogP contribution >= 0.6 is 0 Å². The van der Waals surface area contributed by atoms with Gasteiger partial charge in [0.1, 0.15) is 28.3 Å². The van der Waals surface area contributed by atoms with Gasteiger partial charge < -0.3 is 19.5 Å². The molecule has 2 aliphatic heterocycles. The molecule has 3 aromatic heterocycles. The number of pyridine rings is 1. The Morgan fingerprint density at radius 1 is 1.27 bits per heavy atom. The van der Waals surface area contributed by atoms with Gasteiger partial charge in [0.2, 0.25) is 0 Å². The summed E-state index contributed by atoms with van der Waals surface area (Å²) in [5, 5.41) is 20.2. The molecule has 5 heterocycles. The maximum absolute atomic E-state index is 10.9. The molecular formula is C21H28N6O3. The van der Waals surface area contributed by atoms with Crippen molar-refractivity contribution in [3.63, 3.8) is 0 Å². The lowest BCUT2D eigenvalue weighted by Gasteiger charge is -2.34. The molecule has 160 valence electrons. The molecule has 0 saturated carbocycles. The maximum atomic E-state index is 10.9. The van der Waals surface area contributed by atoms with Crippen LogP contribution in [0.15, 0.2) is 18.3 Å². The van der Waals surface area contributed by atoms with E-state index in [0.717, 1.165) is 49.6 Å². The third kappa shape index (κ3) is 3.22. The Labute approximate surface area is 175 Å². The highest BCUT2D eigenvalue weighted by Gasteiger charge is 2.27. The zero-order valence-electron chi connectivity index (χ0n) is 17.5.